The van der Waals surface area contributed by atoms with E-state index < -0.39 is 16.1 Å². The zero-order valence-electron chi connectivity index (χ0n) is 10.9. The largest absolute Gasteiger partial charge is 0.423 e. The maximum absolute atomic E-state index is 12.2. The predicted molar refractivity (Wildman–Crippen MR) is 106 cm³/mol. The minimum Gasteiger partial charge on any atom is -0.423 e. The van der Waals surface area contributed by atoms with E-state index in [0.29, 0.717) is 0 Å². The molecule has 122 valence electrons. The van der Waals surface area contributed by atoms with Gasteiger partial charge in [0.05, 0.1) is 10.6 Å². The Morgan fingerprint density at radius 2 is 1.74 bits per heavy atom. The molecule has 0 atom stereocenters. The summed E-state index contributed by atoms with van der Waals surface area (Å²) in [5, 5.41) is 0.225. The third-order valence-corrected chi connectivity index (χ3v) is 6.79. The number of esters is 1. The Labute approximate surface area is 172 Å². The second kappa shape index (κ2) is 7.52. The number of hydrogen-bond acceptors (Lipinski definition) is 4. The van der Waals surface area contributed by atoms with E-state index in [1.54, 1.807) is 57.3 Å². The lowest BCUT2D eigenvalue weighted by Crippen LogP contribution is -2.11. The molecule has 0 aromatic heterocycles. The Balaban J connectivity index is 2.36. The van der Waals surface area contributed by atoms with Crippen LogP contribution in [0, 0.1) is 7.14 Å². The molecule has 2 rings (SSSR count). The highest BCUT2D eigenvalue weighted by molar-refractivity contribution is 14.1. The van der Waals surface area contributed by atoms with Crippen molar-refractivity contribution in [2.24, 2.45) is 0 Å². The van der Waals surface area contributed by atoms with Gasteiger partial charge in [-0.2, -0.15) is 8.42 Å². The van der Waals surface area contributed by atoms with Crippen molar-refractivity contribution in [3.8, 4) is 5.75 Å². The van der Waals surface area contributed by atoms with Gasteiger partial charge >= 0.3 is 5.97 Å². The van der Waals surface area contributed by atoms with Crippen LogP contribution >= 0.6 is 72.7 Å². The third kappa shape index (κ3) is 4.78. The van der Waals surface area contributed by atoms with Crippen molar-refractivity contribution in [3.05, 3.63) is 52.5 Å². The number of rotatable bonds is 3. The number of halogens is 4. The van der Waals surface area contributed by atoms with E-state index in [2.05, 4.69) is 15.9 Å². The Morgan fingerprint density at radius 1 is 1.17 bits per heavy atom. The Bertz CT molecular complexity index is 878. The van der Waals surface area contributed by atoms with Crippen molar-refractivity contribution in [2.45, 2.75) is 4.90 Å². The van der Waals surface area contributed by atoms with Crippen LogP contribution < -0.4 is 4.74 Å². The molecular formula is C13H6BrClI2O5S. The van der Waals surface area contributed by atoms with Gasteiger partial charge in [0, 0.05) is 11.6 Å². The first-order valence-corrected chi connectivity index (χ1v) is 10.5. The molecule has 0 saturated heterocycles. The fourth-order valence-electron chi connectivity index (χ4n) is 1.66. The quantitative estimate of drug-likeness (QED) is 0.226. The van der Waals surface area contributed by atoms with E-state index in [1.165, 1.54) is 18.2 Å². The van der Waals surface area contributed by atoms with Crippen LogP contribution in [0.25, 0.3) is 0 Å². The van der Waals surface area contributed by atoms with Gasteiger partial charge in [0.2, 0.25) is 0 Å². The van der Waals surface area contributed by atoms with Gasteiger partial charge in [-0.05, 0) is 75.5 Å². The molecule has 5 nitrogen and oxygen atoms in total. The summed E-state index contributed by atoms with van der Waals surface area (Å²) in [6.45, 7) is 0. The van der Waals surface area contributed by atoms with Crippen LogP contribution in [0.1, 0.15) is 10.4 Å². The summed E-state index contributed by atoms with van der Waals surface area (Å²) in [6.07, 6.45) is 0. The highest BCUT2D eigenvalue weighted by Crippen LogP contribution is 2.30. The van der Waals surface area contributed by atoms with Crippen molar-refractivity contribution >= 4 is 88.8 Å². The number of benzene rings is 2. The van der Waals surface area contributed by atoms with E-state index >= 15 is 0 Å². The standard InChI is InChI=1S/C13H6BrClI2O5S/c14-6-1-2-8(9(15)3-6)13(18)22-7-4-10(16)12(11(17)5-7)23(19,20)21/h1-5H,(H,19,20,21). The lowest BCUT2D eigenvalue weighted by Gasteiger charge is -2.10. The lowest BCUT2D eigenvalue weighted by atomic mass is 10.2. The first kappa shape index (κ1) is 19.4. The molecule has 0 aliphatic rings. The molecule has 0 aliphatic heterocycles. The third-order valence-electron chi connectivity index (χ3n) is 2.59. The molecule has 0 heterocycles. The molecule has 0 aliphatic carbocycles. The molecule has 0 saturated carbocycles. The minimum atomic E-state index is -4.35. The summed E-state index contributed by atoms with van der Waals surface area (Å²) >= 11 is 12.7. The summed E-state index contributed by atoms with van der Waals surface area (Å²) in [6, 6.07) is 7.41. The van der Waals surface area contributed by atoms with Crippen LogP contribution in [0.4, 0.5) is 0 Å². The van der Waals surface area contributed by atoms with E-state index in [4.69, 9.17) is 16.3 Å². The van der Waals surface area contributed by atoms with Crippen LogP contribution in [0.3, 0.4) is 0 Å². The van der Waals surface area contributed by atoms with Crippen molar-refractivity contribution < 1.29 is 22.5 Å². The molecule has 2 aromatic carbocycles. The Morgan fingerprint density at radius 3 is 2.22 bits per heavy atom. The second-order valence-corrected chi connectivity index (χ2v) is 9.21. The maximum Gasteiger partial charge on any atom is 0.345 e. The van der Waals surface area contributed by atoms with Gasteiger partial charge in [-0.25, -0.2) is 4.79 Å². The number of carbonyl (C=O) groups is 1. The molecule has 1 N–H and O–H groups in total. The second-order valence-electron chi connectivity index (χ2n) is 4.20. The summed E-state index contributed by atoms with van der Waals surface area (Å²) in [4.78, 5) is 11.9. The zero-order chi connectivity index (χ0) is 17.4. The topological polar surface area (TPSA) is 80.7 Å². The zero-order valence-corrected chi connectivity index (χ0v) is 18.4. The number of hydrogen-bond donors (Lipinski definition) is 1. The maximum atomic E-state index is 12.2. The van der Waals surface area contributed by atoms with Crippen LogP contribution in [0.2, 0.25) is 5.02 Å². The molecule has 10 heteroatoms. The van der Waals surface area contributed by atoms with Gasteiger partial charge in [-0.3, -0.25) is 4.55 Å². The fourth-order valence-corrected chi connectivity index (χ4v) is 6.40. The van der Waals surface area contributed by atoms with Gasteiger partial charge in [0.15, 0.2) is 0 Å². The van der Waals surface area contributed by atoms with Crippen LogP contribution in [0.15, 0.2) is 39.7 Å². The SMILES string of the molecule is O=C(Oc1cc(I)c(S(=O)(=O)O)c(I)c1)c1ccc(Br)cc1Cl. The molecule has 0 radical (unpaired) electrons. The van der Waals surface area contributed by atoms with Gasteiger partial charge < -0.3 is 4.74 Å². The van der Waals surface area contributed by atoms with Crippen LogP contribution in [-0.2, 0) is 10.1 Å². The Kier molecular flexibility index (Phi) is 6.33. The molecule has 0 unspecified atom stereocenters. The summed E-state index contributed by atoms with van der Waals surface area (Å²) in [5.74, 6) is -0.524. The van der Waals surface area contributed by atoms with Gasteiger partial charge in [-0.15, -0.1) is 0 Å². The van der Waals surface area contributed by atoms with Crippen molar-refractivity contribution in [2.75, 3.05) is 0 Å². The highest BCUT2D eigenvalue weighted by Gasteiger charge is 2.21. The van der Waals surface area contributed by atoms with Crippen LogP contribution in [-0.4, -0.2) is 18.9 Å². The number of carbonyl (C=O) groups excluding carboxylic acids is 1. The molecule has 2 aromatic rings. The number of ether oxygens (including phenoxy) is 1. The summed E-state index contributed by atoms with van der Waals surface area (Å²) < 4.78 is 38.3. The van der Waals surface area contributed by atoms with Gasteiger partial charge in [-0.1, -0.05) is 27.5 Å². The molecule has 0 amide bonds. The normalized spacial score (nSPS) is 11.3. The molecule has 23 heavy (non-hydrogen) atoms. The monoisotopic (exact) mass is 642 g/mol. The molecular weight excluding hydrogens is 637 g/mol. The Hall–Kier alpha value is 0.0500. The lowest BCUT2D eigenvalue weighted by molar-refractivity contribution is 0.0734. The average molecular weight is 643 g/mol. The van der Waals surface area contributed by atoms with Crippen molar-refractivity contribution in [1.29, 1.82) is 0 Å². The minimum absolute atomic E-state index is 0.148. The van der Waals surface area contributed by atoms with Crippen LogP contribution in [0.5, 0.6) is 5.75 Å². The van der Waals surface area contributed by atoms with Gasteiger partial charge in [0.1, 0.15) is 10.6 Å². The van der Waals surface area contributed by atoms with E-state index in [-0.39, 0.29) is 28.4 Å². The first-order chi connectivity index (χ1) is 10.6. The first-order valence-electron chi connectivity index (χ1n) is 5.73. The fraction of sp³-hybridized carbons (Fsp3) is 0. The smallest absolute Gasteiger partial charge is 0.345 e. The highest BCUT2D eigenvalue weighted by atomic mass is 127. The molecule has 0 bridgehead atoms. The van der Waals surface area contributed by atoms with Crippen molar-refractivity contribution in [1.82, 2.24) is 0 Å². The van der Waals surface area contributed by atoms with E-state index in [1.807, 2.05) is 0 Å². The van der Waals surface area contributed by atoms with E-state index in [9.17, 15) is 17.8 Å². The molecule has 0 spiro atoms. The predicted octanol–water partition coefficient (Wildman–Crippen LogP) is 4.78. The van der Waals surface area contributed by atoms with E-state index in [0.717, 1.165) is 4.47 Å². The van der Waals surface area contributed by atoms with Crippen molar-refractivity contribution in [3.63, 3.8) is 0 Å². The average Bonchev–Trinajstić information content (AvgIpc) is 2.35. The molecule has 0 fully saturated rings. The van der Waals surface area contributed by atoms with Gasteiger partial charge in [0.25, 0.3) is 10.1 Å². The summed E-state index contributed by atoms with van der Waals surface area (Å²) in [7, 11) is -4.35. The summed E-state index contributed by atoms with van der Waals surface area (Å²) in [5.41, 5.74) is 0.179.